The third-order valence-electron chi connectivity index (χ3n) is 7.59. The zero-order valence-corrected chi connectivity index (χ0v) is 24.7. The van der Waals surface area contributed by atoms with Crippen molar-refractivity contribution in [3.05, 3.63) is 64.7 Å². The van der Waals surface area contributed by atoms with Gasteiger partial charge in [-0.2, -0.15) is 0 Å². The molecule has 1 saturated heterocycles. The number of aliphatic hydroxyl groups excluding tert-OH is 2. The van der Waals surface area contributed by atoms with E-state index in [0.29, 0.717) is 31.3 Å². The molecule has 218 valence electrons. The molecule has 1 aromatic heterocycles. The molecule has 9 heteroatoms. The van der Waals surface area contributed by atoms with E-state index in [9.17, 15) is 10.2 Å². The van der Waals surface area contributed by atoms with Gasteiger partial charge in [-0.15, -0.1) is 0 Å². The Bertz CT molecular complexity index is 1230. The highest BCUT2D eigenvalue weighted by Gasteiger charge is 2.19. The summed E-state index contributed by atoms with van der Waals surface area (Å²) >= 11 is 6.26. The first-order chi connectivity index (χ1) is 19.4. The van der Waals surface area contributed by atoms with Crippen LogP contribution in [0.4, 0.5) is 0 Å². The van der Waals surface area contributed by atoms with E-state index < -0.39 is 0 Å². The molecule has 3 aromatic rings. The molecule has 0 bridgehead atoms. The first-order valence-corrected chi connectivity index (χ1v) is 14.6. The fraction of sp³-hybridized carbons (Fsp3) is 0.516. The summed E-state index contributed by atoms with van der Waals surface area (Å²) in [7, 11) is 1.85. The van der Waals surface area contributed by atoms with E-state index in [1.165, 1.54) is 0 Å². The topological polar surface area (TPSA) is 92.0 Å². The highest BCUT2D eigenvalue weighted by atomic mass is 35.5. The second-order valence-electron chi connectivity index (χ2n) is 10.6. The van der Waals surface area contributed by atoms with Gasteiger partial charge in [0.1, 0.15) is 16.7 Å². The molecule has 1 aliphatic rings. The van der Waals surface area contributed by atoms with Crippen LogP contribution in [0, 0.1) is 13.8 Å². The van der Waals surface area contributed by atoms with Crippen LogP contribution < -0.4 is 14.8 Å². The Hall–Kier alpha value is -2.62. The minimum absolute atomic E-state index is 0.0135. The van der Waals surface area contributed by atoms with Crippen LogP contribution in [-0.4, -0.2) is 82.8 Å². The van der Waals surface area contributed by atoms with Crippen LogP contribution in [0.1, 0.15) is 36.1 Å². The molecule has 2 heterocycles. The second kappa shape index (κ2) is 14.8. The van der Waals surface area contributed by atoms with Crippen LogP contribution >= 0.6 is 11.6 Å². The number of ether oxygens (including phenoxy) is 2. The smallest absolute Gasteiger partial charge is 0.131 e. The fourth-order valence-electron chi connectivity index (χ4n) is 5.21. The van der Waals surface area contributed by atoms with Crippen molar-refractivity contribution in [2.24, 2.45) is 7.05 Å². The van der Waals surface area contributed by atoms with Gasteiger partial charge in [0.15, 0.2) is 0 Å². The maximum Gasteiger partial charge on any atom is 0.131 e. The quantitative estimate of drug-likeness (QED) is 0.236. The first kappa shape index (κ1) is 30.3. The van der Waals surface area contributed by atoms with Gasteiger partial charge in [-0.3, -0.25) is 0 Å². The summed E-state index contributed by atoms with van der Waals surface area (Å²) in [6.07, 6.45) is 4.68. The van der Waals surface area contributed by atoms with Gasteiger partial charge < -0.3 is 34.5 Å². The molecule has 40 heavy (non-hydrogen) atoms. The lowest BCUT2D eigenvalue weighted by molar-refractivity contribution is 0.173. The molecular formula is C31H43ClN4O4. The average Bonchev–Trinajstić information content (AvgIpc) is 3.51. The number of benzene rings is 2. The Morgan fingerprint density at radius 1 is 1.05 bits per heavy atom. The van der Waals surface area contributed by atoms with Crippen LogP contribution in [0.3, 0.4) is 0 Å². The van der Waals surface area contributed by atoms with Gasteiger partial charge in [0.25, 0.3) is 0 Å². The van der Waals surface area contributed by atoms with E-state index in [2.05, 4.69) is 41.2 Å². The number of hydrogen-bond acceptors (Lipinski definition) is 7. The number of rotatable bonds is 15. The number of nitrogens with one attached hydrogen (secondary N) is 1. The van der Waals surface area contributed by atoms with Crippen molar-refractivity contribution in [1.29, 1.82) is 0 Å². The van der Waals surface area contributed by atoms with Crippen LogP contribution in [-0.2, 0) is 13.5 Å². The molecule has 0 unspecified atom stereocenters. The Balaban J connectivity index is 1.27. The van der Waals surface area contributed by atoms with Gasteiger partial charge in [0, 0.05) is 39.1 Å². The van der Waals surface area contributed by atoms with Crippen LogP contribution in [0.5, 0.6) is 11.5 Å². The highest BCUT2D eigenvalue weighted by Crippen LogP contribution is 2.35. The number of nitrogens with zero attached hydrogens (tertiary/aromatic N) is 3. The number of halogens is 1. The standard InChI is InChI=1S/C31H43ClN4O4/c1-22-26(27-9-5-11-30(23(27)2)40-17-7-14-36-15-12-25(38)19-36)8-4-10-29(22)39-16-6-13-33-24(20-37)18-28-31(32)35(3)21-34-28/h4-5,8-11,21,24-25,33,37-38H,6-7,12-20H2,1-3H3/t24-,25-/m1/s1. The molecule has 3 N–H and O–H groups in total. The van der Waals surface area contributed by atoms with E-state index in [4.69, 9.17) is 21.1 Å². The van der Waals surface area contributed by atoms with Gasteiger partial charge in [0.2, 0.25) is 0 Å². The summed E-state index contributed by atoms with van der Waals surface area (Å²) in [5, 5.41) is 23.4. The van der Waals surface area contributed by atoms with E-state index in [-0.39, 0.29) is 18.8 Å². The van der Waals surface area contributed by atoms with Crippen molar-refractivity contribution in [2.45, 2.75) is 51.7 Å². The van der Waals surface area contributed by atoms with Gasteiger partial charge in [-0.1, -0.05) is 35.9 Å². The molecule has 2 aromatic carbocycles. The summed E-state index contributed by atoms with van der Waals surface area (Å²) < 4.78 is 14.1. The predicted octanol–water partition coefficient (Wildman–Crippen LogP) is 4.15. The van der Waals surface area contributed by atoms with Crippen LogP contribution in [0.25, 0.3) is 11.1 Å². The number of imidazole rings is 1. The summed E-state index contributed by atoms with van der Waals surface area (Å²) in [6, 6.07) is 12.3. The molecule has 1 fully saturated rings. The summed E-state index contributed by atoms with van der Waals surface area (Å²) in [6.45, 7) is 8.83. The summed E-state index contributed by atoms with van der Waals surface area (Å²) in [4.78, 5) is 6.61. The molecule has 4 rings (SSSR count). The zero-order valence-electron chi connectivity index (χ0n) is 23.9. The lowest BCUT2D eigenvalue weighted by Crippen LogP contribution is -2.35. The van der Waals surface area contributed by atoms with Crippen molar-refractivity contribution in [3.8, 4) is 22.6 Å². The number of hydrogen-bond donors (Lipinski definition) is 3. The van der Waals surface area contributed by atoms with E-state index in [0.717, 1.165) is 78.3 Å². The number of β-amino-alcohol motifs (C(OH)–C–C–N with tert-alkyl or cyclic N) is 1. The molecular weight excluding hydrogens is 528 g/mol. The third kappa shape index (κ3) is 7.98. The SMILES string of the molecule is Cc1c(OCCCN[C@@H](CO)Cc2ncn(C)c2Cl)cccc1-c1cccc(OCCCN2CC[C@@H](O)C2)c1C. The molecule has 8 nitrogen and oxygen atoms in total. The molecule has 0 aliphatic carbocycles. The highest BCUT2D eigenvalue weighted by molar-refractivity contribution is 6.30. The number of likely N-dealkylation sites (tertiary alicyclic amines) is 1. The van der Waals surface area contributed by atoms with E-state index in [1.54, 1.807) is 10.9 Å². The predicted molar refractivity (Wildman–Crippen MR) is 159 cm³/mol. The lowest BCUT2D eigenvalue weighted by atomic mass is 9.95. The maximum atomic E-state index is 9.76. The Morgan fingerprint density at radius 3 is 2.25 bits per heavy atom. The molecule has 1 aliphatic heterocycles. The van der Waals surface area contributed by atoms with Crippen molar-refractivity contribution in [2.75, 3.05) is 46.0 Å². The lowest BCUT2D eigenvalue weighted by Gasteiger charge is -2.18. The van der Waals surface area contributed by atoms with Crippen LogP contribution in [0.2, 0.25) is 5.15 Å². The summed E-state index contributed by atoms with van der Waals surface area (Å²) in [5.74, 6) is 1.77. The van der Waals surface area contributed by atoms with Gasteiger partial charge in [-0.25, -0.2) is 4.98 Å². The Labute approximate surface area is 242 Å². The fourth-order valence-corrected chi connectivity index (χ4v) is 5.38. The molecule has 0 radical (unpaired) electrons. The Morgan fingerprint density at radius 2 is 1.70 bits per heavy atom. The molecule has 0 amide bonds. The van der Waals surface area contributed by atoms with Crippen molar-refractivity contribution in [1.82, 2.24) is 19.8 Å². The van der Waals surface area contributed by atoms with E-state index >= 15 is 0 Å². The zero-order chi connectivity index (χ0) is 28.5. The van der Waals surface area contributed by atoms with Crippen molar-refractivity contribution < 1.29 is 19.7 Å². The van der Waals surface area contributed by atoms with Gasteiger partial charge in [-0.05, 0) is 74.0 Å². The molecule has 0 saturated carbocycles. The minimum Gasteiger partial charge on any atom is -0.493 e. The number of aliphatic hydroxyl groups is 2. The van der Waals surface area contributed by atoms with E-state index in [1.807, 2.05) is 31.3 Å². The number of aryl methyl sites for hydroxylation is 1. The summed E-state index contributed by atoms with van der Waals surface area (Å²) in [5.41, 5.74) is 5.28. The average molecular weight is 571 g/mol. The largest absolute Gasteiger partial charge is 0.493 e. The molecule has 2 atom stereocenters. The maximum absolute atomic E-state index is 9.76. The normalized spacial score (nSPS) is 16.4. The van der Waals surface area contributed by atoms with Crippen molar-refractivity contribution in [3.63, 3.8) is 0 Å². The Kier molecular flexibility index (Phi) is 11.3. The van der Waals surface area contributed by atoms with Crippen molar-refractivity contribution >= 4 is 11.6 Å². The monoisotopic (exact) mass is 570 g/mol. The molecule has 0 spiro atoms. The van der Waals surface area contributed by atoms with Gasteiger partial charge in [0.05, 0.1) is 37.9 Å². The number of aromatic nitrogens is 2. The van der Waals surface area contributed by atoms with Crippen LogP contribution in [0.15, 0.2) is 42.7 Å². The first-order valence-electron chi connectivity index (χ1n) is 14.2. The third-order valence-corrected chi connectivity index (χ3v) is 8.07. The van der Waals surface area contributed by atoms with Gasteiger partial charge >= 0.3 is 0 Å². The minimum atomic E-state index is -0.180. The second-order valence-corrected chi connectivity index (χ2v) is 11.0.